The van der Waals surface area contributed by atoms with Crippen molar-refractivity contribution in [3.8, 4) is 29.1 Å². The fourth-order valence-electron chi connectivity index (χ4n) is 3.64. The van der Waals surface area contributed by atoms with Gasteiger partial charge in [-0.15, -0.1) is 0 Å². The van der Waals surface area contributed by atoms with Gasteiger partial charge in [0.15, 0.2) is 11.6 Å². The van der Waals surface area contributed by atoms with Gasteiger partial charge >= 0.3 is 0 Å². The lowest BCUT2D eigenvalue weighted by Gasteiger charge is -2.30. The summed E-state index contributed by atoms with van der Waals surface area (Å²) in [5, 5.41) is 12.8. The first-order valence-electron chi connectivity index (χ1n) is 10.1. The SMILES string of the molecule is N#Cc1nc(-c2ccco2)oc1N1CCC(C(=O)Nc2nc(-c3ccccc3)ns2)CC1. The Balaban J connectivity index is 1.21. The number of aromatic nitrogens is 3. The number of benzene rings is 1. The first-order valence-corrected chi connectivity index (χ1v) is 10.9. The number of nitrogens with one attached hydrogen (secondary N) is 1. The zero-order valence-corrected chi connectivity index (χ0v) is 17.7. The minimum absolute atomic E-state index is 0.0743. The summed E-state index contributed by atoms with van der Waals surface area (Å²) >= 11 is 1.17. The van der Waals surface area contributed by atoms with E-state index in [4.69, 9.17) is 8.83 Å². The highest BCUT2D eigenvalue weighted by Crippen LogP contribution is 2.31. The van der Waals surface area contributed by atoms with Crippen LogP contribution in [-0.2, 0) is 4.79 Å². The van der Waals surface area contributed by atoms with E-state index in [2.05, 4.69) is 25.7 Å². The Kier molecular flexibility index (Phi) is 5.39. The largest absolute Gasteiger partial charge is 0.459 e. The summed E-state index contributed by atoms with van der Waals surface area (Å²) in [6.45, 7) is 1.15. The van der Waals surface area contributed by atoms with Crippen molar-refractivity contribution in [1.82, 2.24) is 14.3 Å². The minimum Gasteiger partial charge on any atom is -0.459 e. The van der Waals surface area contributed by atoms with Crippen molar-refractivity contribution in [3.05, 3.63) is 54.4 Å². The van der Waals surface area contributed by atoms with Gasteiger partial charge in [0.25, 0.3) is 5.89 Å². The van der Waals surface area contributed by atoms with E-state index in [0.717, 1.165) is 5.56 Å². The van der Waals surface area contributed by atoms with Crippen LogP contribution >= 0.6 is 11.5 Å². The van der Waals surface area contributed by atoms with E-state index in [0.29, 0.717) is 48.5 Å². The molecule has 1 amide bonds. The Hall–Kier alpha value is -3.97. The van der Waals surface area contributed by atoms with Crippen LogP contribution in [0.3, 0.4) is 0 Å². The third-order valence-electron chi connectivity index (χ3n) is 5.29. The molecular formula is C22H18N6O3S. The topological polar surface area (TPSA) is 121 Å². The monoisotopic (exact) mass is 446 g/mol. The number of amides is 1. The molecule has 160 valence electrons. The third kappa shape index (κ3) is 3.98. The quantitative estimate of drug-likeness (QED) is 0.485. The normalized spacial score (nSPS) is 14.3. The molecule has 10 heteroatoms. The van der Waals surface area contributed by atoms with Gasteiger partial charge in [-0.3, -0.25) is 4.79 Å². The minimum atomic E-state index is -0.159. The first kappa shape index (κ1) is 20.0. The predicted octanol–water partition coefficient (Wildman–Crippen LogP) is 4.18. The number of hydrogen-bond acceptors (Lipinski definition) is 9. The Morgan fingerprint density at radius 3 is 2.69 bits per heavy atom. The van der Waals surface area contributed by atoms with Crippen molar-refractivity contribution in [2.24, 2.45) is 5.92 Å². The smallest absolute Gasteiger partial charge is 0.266 e. The predicted molar refractivity (Wildman–Crippen MR) is 118 cm³/mol. The van der Waals surface area contributed by atoms with Gasteiger partial charge in [0.05, 0.1) is 6.26 Å². The maximum Gasteiger partial charge on any atom is 0.266 e. The van der Waals surface area contributed by atoms with E-state index < -0.39 is 0 Å². The summed E-state index contributed by atoms with van der Waals surface area (Å²) in [6.07, 6.45) is 2.77. The highest BCUT2D eigenvalue weighted by atomic mass is 32.1. The Morgan fingerprint density at radius 1 is 1.16 bits per heavy atom. The molecule has 5 rings (SSSR count). The summed E-state index contributed by atoms with van der Waals surface area (Å²) in [6, 6.07) is 15.2. The zero-order valence-electron chi connectivity index (χ0n) is 16.9. The van der Waals surface area contributed by atoms with E-state index in [9.17, 15) is 10.1 Å². The van der Waals surface area contributed by atoms with Crippen molar-refractivity contribution >= 4 is 28.5 Å². The van der Waals surface area contributed by atoms with Crippen LogP contribution in [0.15, 0.2) is 57.6 Å². The second kappa shape index (κ2) is 8.64. The molecule has 0 radical (unpaired) electrons. The van der Waals surface area contributed by atoms with Crippen LogP contribution in [0.2, 0.25) is 0 Å². The number of furan rings is 1. The van der Waals surface area contributed by atoms with Crippen molar-refractivity contribution < 1.29 is 13.6 Å². The molecule has 0 aliphatic carbocycles. The molecule has 32 heavy (non-hydrogen) atoms. The van der Waals surface area contributed by atoms with Crippen molar-refractivity contribution in [3.63, 3.8) is 0 Å². The average Bonchev–Trinajstić information content (AvgIpc) is 3.60. The maximum absolute atomic E-state index is 12.7. The molecule has 0 atom stereocenters. The summed E-state index contributed by atoms with van der Waals surface area (Å²) in [5.41, 5.74) is 1.12. The summed E-state index contributed by atoms with van der Waals surface area (Å²) in [7, 11) is 0. The molecule has 3 aromatic heterocycles. The lowest BCUT2D eigenvalue weighted by atomic mass is 9.96. The van der Waals surface area contributed by atoms with Gasteiger partial charge in [0.1, 0.15) is 6.07 Å². The highest BCUT2D eigenvalue weighted by molar-refractivity contribution is 7.10. The summed E-state index contributed by atoms with van der Waals surface area (Å²) in [4.78, 5) is 23.3. The van der Waals surface area contributed by atoms with Gasteiger partial charge in [0.2, 0.25) is 22.6 Å². The van der Waals surface area contributed by atoms with E-state index in [1.54, 1.807) is 12.1 Å². The fraction of sp³-hybridized carbons (Fsp3) is 0.227. The number of nitriles is 1. The Bertz CT molecular complexity index is 1250. The van der Waals surface area contributed by atoms with Gasteiger partial charge < -0.3 is 19.1 Å². The van der Waals surface area contributed by atoms with Crippen LogP contribution in [0.25, 0.3) is 23.0 Å². The molecule has 1 aromatic carbocycles. The first-order chi connectivity index (χ1) is 15.7. The van der Waals surface area contributed by atoms with Crippen LogP contribution in [0.4, 0.5) is 11.0 Å². The van der Waals surface area contributed by atoms with Crippen LogP contribution in [0.1, 0.15) is 18.5 Å². The Labute approximate surface area is 187 Å². The molecule has 0 spiro atoms. The summed E-state index contributed by atoms with van der Waals surface area (Å²) < 4.78 is 15.4. The van der Waals surface area contributed by atoms with Crippen molar-refractivity contribution in [2.45, 2.75) is 12.8 Å². The van der Waals surface area contributed by atoms with Crippen molar-refractivity contribution in [1.29, 1.82) is 5.26 Å². The second-order valence-electron chi connectivity index (χ2n) is 7.30. The van der Waals surface area contributed by atoms with Gasteiger partial charge in [-0.25, -0.2) is 0 Å². The third-order valence-corrected chi connectivity index (χ3v) is 5.92. The summed E-state index contributed by atoms with van der Waals surface area (Å²) in [5.74, 6) is 1.51. The van der Waals surface area contributed by atoms with Crippen LogP contribution in [-0.4, -0.2) is 33.3 Å². The molecule has 0 unspecified atom stereocenters. The van der Waals surface area contributed by atoms with Crippen LogP contribution in [0.5, 0.6) is 0 Å². The molecule has 1 aliphatic heterocycles. The lowest BCUT2D eigenvalue weighted by molar-refractivity contribution is -0.120. The number of carbonyl (C=O) groups excluding carboxylic acids is 1. The average molecular weight is 446 g/mol. The molecule has 1 saturated heterocycles. The van der Waals surface area contributed by atoms with E-state index in [1.807, 2.05) is 35.2 Å². The standard InChI is InChI=1S/C22H18N6O3S/c23-13-16-21(31-20(24-16)17-7-4-12-30-17)28-10-8-15(9-11-28)19(29)26-22-25-18(27-32-22)14-5-2-1-3-6-14/h1-7,12,15H,8-11H2,(H,25,26,27,29). The molecule has 9 nitrogen and oxygen atoms in total. The second-order valence-corrected chi connectivity index (χ2v) is 8.05. The van der Waals surface area contributed by atoms with E-state index >= 15 is 0 Å². The number of carbonyl (C=O) groups is 1. The molecule has 4 aromatic rings. The van der Waals surface area contributed by atoms with Gasteiger partial charge in [-0.2, -0.15) is 19.6 Å². The highest BCUT2D eigenvalue weighted by Gasteiger charge is 2.29. The number of oxazole rings is 1. The Morgan fingerprint density at radius 2 is 1.97 bits per heavy atom. The molecule has 1 N–H and O–H groups in total. The number of nitrogens with zero attached hydrogens (tertiary/aromatic N) is 5. The molecule has 0 bridgehead atoms. The molecular weight excluding hydrogens is 428 g/mol. The fourth-order valence-corrected chi connectivity index (χ4v) is 4.23. The van der Waals surface area contributed by atoms with Gasteiger partial charge in [0, 0.05) is 36.1 Å². The lowest BCUT2D eigenvalue weighted by Crippen LogP contribution is -2.38. The van der Waals surface area contributed by atoms with E-state index in [1.165, 1.54) is 17.8 Å². The molecule has 0 saturated carbocycles. The van der Waals surface area contributed by atoms with Crippen molar-refractivity contribution in [2.75, 3.05) is 23.3 Å². The van der Waals surface area contributed by atoms with Gasteiger partial charge in [-0.05, 0) is 25.0 Å². The number of piperidine rings is 1. The molecule has 4 heterocycles. The molecule has 1 aliphatic rings. The number of hydrogen-bond donors (Lipinski definition) is 1. The van der Waals surface area contributed by atoms with Crippen LogP contribution in [0, 0.1) is 17.2 Å². The number of anilines is 2. The zero-order chi connectivity index (χ0) is 21.9. The van der Waals surface area contributed by atoms with Crippen LogP contribution < -0.4 is 10.2 Å². The maximum atomic E-state index is 12.7. The number of rotatable bonds is 5. The van der Waals surface area contributed by atoms with E-state index in [-0.39, 0.29) is 23.4 Å². The molecule has 1 fully saturated rings. The van der Waals surface area contributed by atoms with Gasteiger partial charge in [-0.1, -0.05) is 30.3 Å².